The Bertz CT molecular complexity index is 1180. The lowest BCUT2D eigenvalue weighted by Crippen LogP contribution is -2.27. The summed E-state index contributed by atoms with van der Waals surface area (Å²) >= 11 is 0. The van der Waals surface area contributed by atoms with Crippen molar-refractivity contribution in [2.45, 2.75) is 25.8 Å². The van der Waals surface area contributed by atoms with Crippen LogP contribution in [0.15, 0.2) is 72.0 Å². The van der Waals surface area contributed by atoms with E-state index in [1.807, 2.05) is 48.0 Å². The fraction of sp³-hybridized carbons (Fsp3) is 0.182. The minimum atomic E-state index is -0.183. The van der Waals surface area contributed by atoms with Crippen LogP contribution in [0.3, 0.4) is 0 Å². The number of carbonyl (C=O) groups excluding carboxylic acids is 1. The average Bonchev–Trinajstić information content (AvgIpc) is 3.27. The molecule has 2 heterocycles. The zero-order valence-electron chi connectivity index (χ0n) is 16.0. The predicted molar refractivity (Wildman–Crippen MR) is 111 cm³/mol. The number of hydrogen-bond acceptors (Lipinski definition) is 4. The van der Waals surface area contributed by atoms with Gasteiger partial charge in [-0.2, -0.15) is 0 Å². The number of para-hydroxylation sites is 1. The van der Waals surface area contributed by atoms with Crippen LogP contribution in [0.25, 0.3) is 16.6 Å². The Hall–Kier alpha value is -3.74. The average molecular weight is 387 g/mol. The zero-order chi connectivity index (χ0) is 20.2. The van der Waals surface area contributed by atoms with Crippen molar-refractivity contribution < 1.29 is 4.79 Å². The Morgan fingerprint density at radius 2 is 1.97 bits per heavy atom. The summed E-state index contributed by atoms with van der Waals surface area (Å²) in [6.07, 6.45) is 5.97. The second kappa shape index (κ2) is 8.10. The van der Waals surface area contributed by atoms with E-state index in [9.17, 15) is 9.59 Å². The Balaban J connectivity index is 1.36. The summed E-state index contributed by atoms with van der Waals surface area (Å²) in [5.74, 6) is 0.424. The number of nitrogens with one attached hydrogen (secondary N) is 2. The van der Waals surface area contributed by atoms with Crippen LogP contribution < -0.4 is 10.9 Å². The maximum atomic E-state index is 12.4. The van der Waals surface area contributed by atoms with Gasteiger partial charge in [-0.25, -0.2) is 9.97 Å². The quantitative estimate of drug-likeness (QED) is 0.532. The Labute approximate surface area is 167 Å². The molecule has 146 valence electrons. The van der Waals surface area contributed by atoms with Crippen LogP contribution in [-0.4, -0.2) is 25.4 Å². The number of hydrogen-bond donors (Lipinski definition) is 2. The highest BCUT2D eigenvalue weighted by Crippen LogP contribution is 2.16. The van der Waals surface area contributed by atoms with Gasteiger partial charge >= 0.3 is 0 Å². The van der Waals surface area contributed by atoms with E-state index in [4.69, 9.17) is 0 Å². The first-order chi connectivity index (χ1) is 14.1. The van der Waals surface area contributed by atoms with Gasteiger partial charge in [0.2, 0.25) is 5.91 Å². The van der Waals surface area contributed by atoms with Gasteiger partial charge in [-0.05, 0) is 36.8 Å². The lowest BCUT2D eigenvalue weighted by atomic mass is 10.1. The second-order valence-electron chi connectivity index (χ2n) is 6.88. The third-order valence-electron chi connectivity index (χ3n) is 4.82. The van der Waals surface area contributed by atoms with Crippen molar-refractivity contribution in [3.63, 3.8) is 0 Å². The van der Waals surface area contributed by atoms with Crippen molar-refractivity contribution in [1.82, 2.24) is 24.8 Å². The summed E-state index contributed by atoms with van der Waals surface area (Å²) in [7, 11) is 0. The number of H-pyrrole nitrogens is 1. The Kier molecular flexibility index (Phi) is 5.20. The highest BCUT2D eigenvalue weighted by molar-refractivity contribution is 5.78. The molecule has 7 heteroatoms. The molecule has 0 spiro atoms. The van der Waals surface area contributed by atoms with Crippen LogP contribution in [0.2, 0.25) is 0 Å². The molecule has 1 atom stereocenters. The van der Waals surface area contributed by atoms with Gasteiger partial charge in [-0.3, -0.25) is 9.59 Å². The summed E-state index contributed by atoms with van der Waals surface area (Å²) in [6, 6.07) is 15.0. The number of aromatic nitrogens is 4. The minimum absolute atomic E-state index is 0.0907. The summed E-state index contributed by atoms with van der Waals surface area (Å²) in [5, 5.41) is 3.54. The molecule has 1 amide bonds. The first-order valence-electron chi connectivity index (χ1n) is 9.46. The number of aryl methyl sites for hydroxylation is 1. The number of aromatic amines is 1. The molecule has 0 aliphatic heterocycles. The van der Waals surface area contributed by atoms with Gasteiger partial charge in [-0.1, -0.05) is 24.3 Å². The SMILES string of the molecule is C[C@H](NC(=O)CCc1nc2ccccc2c(=O)[nH]1)c1ccc(-n2ccnc2)cc1. The number of rotatable bonds is 6. The third-order valence-corrected chi connectivity index (χ3v) is 4.82. The number of fused-ring (bicyclic) bond motifs is 1. The van der Waals surface area contributed by atoms with Crippen LogP contribution in [0, 0.1) is 0 Å². The van der Waals surface area contributed by atoms with Crippen molar-refractivity contribution in [1.29, 1.82) is 0 Å². The topological polar surface area (TPSA) is 92.7 Å². The van der Waals surface area contributed by atoms with Gasteiger partial charge in [-0.15, -0.1) is 0 Å². The van der Waals surface area contributed by atoms with E-state index in [1.165, 1.54) is 0 Å². The maximum Gasteiger partial charge on any atom is 0.258 e. The smallest absolute Gasteiger partial charge is 0.258 e. The van der Waals surface area contributed by atoms with E-state index in [0.717, 1.165) is 11.3 Å². The fourth-order valence-corrected chi connectivity index (χ4v) is 3.23. The number of imidazole rings is 1. The largest absolute Gasteiger partial charge is 0.350 e. The first kappa shape index (κ1) is 18.6. The van der Waals surface area contributed by atoms with Gasteiger partial charge in [0.1, 0.15) is 5.82 Å². The molecule has 0 bridgehead atoms. The molecule has 0 saturated heterocycles. The van der Waals surface area contributed by atoms with E-state index in [1.54, 1.807) is 30.7 Å². The second-order valence-corrected chi connectivity index (χ2v) is 6.88. The van der Waals surface area contributed by atoms with Crippen LogP contribution in [0.1, 0.15) is 30.8 Å². The molecule has 0 radical (unpaired) electrons. The highest BCUT2D eigenvalue weighted by atomic mass is 16.1. The van der Waals surface area contributed by atoms with Crippen LogP contribution in [0.5, 0.6) is 0 Å². The summed E-state index contributed by atoms with van der Waals surface area (Å²) < 4.78 is 1.92. The molecular formula is C22H21N5O2. The van der Waals surface area contributed by atoms with E-state index < -0.39 is 0 Å². The molecule has 4 rings (SSSR count). The van der Waals surface area contributed by atoms with Crippen molar-refractivity contribution in [3.05, 3.63) is 89.0 Å². The van der Waals surface area contributed by atoms with Gasteiger partial charge in [0, 0.05) is 30.9 Å². The monoisotopic (exact) mass is 387 g/mol. The zero-order valence-corrected chi connectivity index (χ0v) is 16.0. The maximum absolute atomic E-state index is 12.4. The predicted octanol–water partition coefficient (Wildman–Crippen LogP) is 2.92. The van der Waals surface area contributed by atoms with Crippen molar-refractivity contribution in [2.75, 3.05) is 0 Å². The normalized spacial score (nSPS) is 12.0. The van der Waals surface area contributed by atoms with Gasteiger partial charge in [0.05, 0.1) is 23.3 Å². The standard InChI is InChI=1S/C22H21N5O2/c1-15(16-6-8-17(9-7-16)27-13-12-23-14-27)24-21(28)11-10-20-25-19-5-3-2-4-18(19)22(29)26-20/h2-9,12-15H,10-11H2,1H3,(H,24,28)(H,25,26,29)/t15-/m0/s1. The molecule has 0 unspecified atom stereocenters. The lowest BCUT2D eigenvalue weighted by molar-refractivity contribution is -0.121. The molecular weight excluding hydrogens is 366 g/mol. The van der Waals surface area contributed by atoms with Crippen LogP contribution >= 0.6 is 0 Å². The molecule has 0 saturated carbocycles. The molecule has 0 aliphatic carbocycles. The molecule has 2 aromatic carbocycles. The number of amides is 1. The van der Waals surface area contributed by atoms with E-state index in [0.29, 0.717) is 23.1 Å². The van der Waals surface area contributed by atoms with Gasteiger partial charge < -0.3 is 14.9 Å². The molecule has 0 aliphatic rings. The Morgan fingerprint density at radius 3 is 2.72 bits per heavy atom. The molecule has 2 N–H and O–H groups in total. The summed E-state index contributed by atoms with van der Waals surface area (Å²) in [5.41, 5.74) is 2.48. The van der Waals surface area contributed by atoms with Crippen LogP contribution in [0.4, 0.5) is 0 Å². The van der Waals surface area contributed by atoms with Crippen LogP contribution in [-0.2, 0) is 11.2 Å². The molecule has 4 aromatic rings. The van der Waals surface area contributed by atoms with Crippen molar-refractivity contribution in [3.8, 4) is 5.69 Å². The number of benzene rings is 2. The van der Waals surface area contributed by atoms with Gasteiger partial charge in [0.15, 0.2) is 0 Å². The van der Waals surface area contributed by atoms with E-state index in [-0.39, 0.29) is 23.9 Å². The highest BCUT2D eigenvalue weighted by Gasteiger charge is 2.11. The molecule has 2 aromatic heterocycles. The third kappa shape index (κ3) is 4.24. The van der Waals surface area contributed by atoms with Crippen molar-refractivity contribution in [2.24, 2.45) is 0 Å². The van der Waals surface area contributed by atoms with E-state index in [2.05, 4.69) is 20.3 Å². The number of nitrogens with zero attached hydrogens (tertiary/aromatic N) is 3. The Morgan fingerprint density at radius 1 is 1.17 bits per heavy atom. The summed E-state index contributed by atoms with van der Waals surface area (Å²) in [6.45, 7) is 1.94. The summed E-state index contributed by atoms with van der Waals surface area (Å²) in [4.78, 5) is 35.7. The molecule has 0 fully saturated rings. The van der Waals surface area contributed by atoms with Gasteiger partial charge in [0.25, 0.3) is 5.56 Å². The first-order valence-corrected chi connectivity index (χ1v) is 9.46. The van der Waals surface area contributed by atoms with E-state index >= 15 is 0 Å². The van der Waals surface area contributed by atoms with Crippen molar-refractivity contribution >= 4 is 16.8 Å². The number of carbonyl (C=O) groups is 1. The molecule has 7 nitrogen and oxygen atoms in total. The minimum Gasteiger partial charge on any atom is -0.350 e. The fourth-order valence-electron chi connectivity index (χ4n) is 3.23. The lowest BCUT2D eigenvalue weighted by Gasteiger charge is -2.15. The molecule has 29 heavy (non-hydrogen) atoms.